The zero-order valence-corrected chi connectivity index (χ0v) is 14.9. The van der Waals surface area contributed by atoms with Gasteiger partial charge in [0.25, 0.3) is 0 Å². The van der Waals surface area contributed by atoms with Crippen molar-refractivity contribution in [3.63, 3.8) is 0 Å². The van der Waals surface area contributed by atoms with Gasteiger partial charge < -0.3 is 10.0 Å². The number of benzene rings is 1. The molecule has 0 unspecified atom stereocenters. The molecule has 0 radical (unpaired) electrons. The number of hydrogen-bond acceptors (Lipinski definition) is 5. The number of fused-ring (bicyclic) bond motifs is 1. The van der Waals surface area contributed by atoms with Gasteiger partial charge in [0.1, 0.15) is 5.69 Å². The minimum Gasteiger partial charge on any atom is -0.379 e. The van der Waals surface area contributed by atoms with Crippen molar-refractivity contribution in [2.24, 2.45) is 0 Å². The van der Waals surface area contributed by atoms with E-state index in [1.165, 1.54) is 35.7 Å². The van der Waals surface area contributed by atoms with Crippen molar-refractivity contribution in [1.82, 2.24) is 20.0 Å². The van der Waals surface area contributed by atoms with E-state index in [1.54, 1.807) is 0 Å². The molecule has 0 saturated carbocycles. The standard InChI is InChI=1S/C18H12F5N5O2/c19-17(20)14-12(15(29)18(21,22)23)2-1-3-13(14)27(16(17)30)9-10-6-11(8-24-7-10)28-25-4-5-26-28/h1-8,15,29H,9H2/t15-/m1/s1. The van der Waals surface area contributed by atoms with Crippen LogP contribution >= 0.6 is 0 Å². The third-order valence-corrected chi connectivity index (χ3v) is 4.57. The molecule has 3 aromatic rings. The first-order chi connectivity index (χ1) is 14.1. The van der Waals surface area contributed by atoms with E-state index in [0.717, 1.165) is 18.2 Å². The van der Waals surface area contributed by atoms with Gasteiger partial charge in [0, 0.05) is 11.8 Å². The second-order valence-electron chi connectivity index (χ2n) is 6.52. The van der Waals surface area contributed by atoms with E-state index >= 15 is 0 Å². The molecule has 30 heavy (non-hydrogen) atoms. The molecule has 0 fully saturated rings. The zero-order valence-electron chi connectivity index (χ0n) is 14.9. The van der Waals surface area contributed by atoms with Gasteiger partial charge in [0.2, 0.25) is 0 Å². The molecular weight excluding hydrogens is 413 g/mol. The molecule has 156 valence electrons. The fourth-order valence-corrected chi connectivity index (χ4v) is 3.27. The highest BCUT2D eigenvalue weighted by molar-refractivity contribution is 6.06. The number of halogens is 5. The molecule has 1 aromatic carbocycles. The number of amides is 1. The van der Waals surface area contributed by atoms with Crippen molar-refractivity contribution in [1.29, 1.82) is 0 Å². The van der Waals surface area contributed by atoms with E-state index in [-0.39, 0.29) is 6.54 Å². The molecule has 0 bridgehead atoms. The molecule has 7 nitrogen and oxygen atoms in total. The van der Waals surface area contributed by atoms with Crippen LogP contribution in [0, 0.1) is 0 Å². The van der Waals surface area contributed by atoms with Crippen molar-refractivity contribution in [3.05, 3.63) is 65.7 Å². The highest BCUT2D eigenvalue weighted by atomic mass is 19.4. The largest absolute Gasteiger partial charge is 0.418 e. The number of rotatable bonds is 4. The van der Waals surface area contributed by atoms with Crippen LogP contribution in [-0.2, 0) is 17.3 Å². The number of hydrogen-bond donors (Lipinski definition) is 1. The van der Waals surface area contributed by atoms with Crippen molar-refractivity contribution in [2.75, 3.05) is 4.90 Å². The first-order valence-electron chi connectivity index (χ1n) is 8.49. The Morgan fingerprint density at radius 3 is 2.50 bits per heavy atom. The lowest BCUT2D eigenvalue weighted by Crippen LogP contribution is -2.34. The monoisotopic (exact) mass is 425 g/mol. The summed E-state index contributed by atoms with van der Waals surface area (Å²) in [6, 6.07) is 4.41. The highest BCUT2D eigenvalue weighted by Crippen LogP contribution is 2.49. The first-order valence-corrected chi connectivity index (χ1v) is 8.49. The van der Waals surface area contributed by atoms with E-state index < -0.39 is 40.9 Å². The molecule has 1 N–H and O–H groups in total. The van der Waals surface area contributed by atoms with Gasteiger partial charge in [0.05, 0.1) is 36.4 Å². The molecule has 12 heteroatoms. The molecule has 0 saturated heterocycles. The van der Waals surface area contributed by atoms with Crippen molar-refractivity contribution in [3.8, 4) is 5.69 Å². The second-order valence-corrected chi connectivity index (χ2v) is 6.52. The predicted octanol–water partition coefficient (Wildman–Crippen LogP) is 2.90. The van der Waals surface area contributed by atoms with Gasteiger partial charge in [-0.15, -0.1) is 0 Å². The van der Waals surface area contributed by atoms with Crippen molar-refractivity contribution in [2.45, 2.75) is 24.7 Å². The number of aliphatic hydroxyl groups is 1. The fraction of sp³-hybridized carbons (Fsp3) is 0.222. The lowest BCUT2D eigenvalue weighted by Gasteiger charge is -2.20. The van der Waals surface area contributed by atoms with Crippen LogP contribution in [0.5, 0.6) is 0 Å². The molecule has 1 amide bonds. The van der Waals surface area contributed by atoms with Gasteiger partial charge in [-0.25, -0.2) is 0 Å². The summed E-state index contributed by atoms with van der Waals surface area (Å²) in [7, 11) is 0. The number of aromatic nitrogens is 4. The van der Waals surface area contributed by atoms with Crippen LogP contribution in [0.2, 0.25) is 0 Å². The molecule has 3 heterocycles. The number of aliphatic hydroxyl groups excluding tert-OH is 1. The molecule has 1 aliphatic rings. The van der Waals surface area contributed by atoms with E-state index in [0.29, 0.717) is 16.2 Å². The summed E-state index contributed by atoms with van der Waals surface area (Å²) in [4.78, 5) is 18.2. The number of pyridine rings is 1. The fourth-order valence-electron chi connectivity index (χ4n) is 3.27. The topological polar surface area (TPSA) is 84.1 Å². The molecule has 2 aromatic heterocycles. The molecule has 1 aliphatic heterocycles. The predicted molar refractivity (Wildman–Crippen MR) is 91.7 cm³/mol. The number of carbonyl (C=O) groups is 1. The summed E-state index contributed by atoms with van der Waals surface area (Å²) in [5.41, 5.74) is -1.90. The van der Waals surface area contributed by atoms with Crippen LogP contribution in [0.4, 0.5) is 27.6 Å². The molecule has 4 rings (SSSR count). The van der Waals surface area contributed by atoms with Gasteiger partial charge >= 0.3 is 18.0 Å². The minimum absolute atomic E-state index is 0.323. The summed E-state index contributed by atoms with van der Waals surface area (Å²) in [5.74, 6) is -5.92. The Kier molecular flexibility index (Phi) is 4.53. The van der Waals surface area contributed by atoms with Gasteiger partial charge in [-0.3, -0.25) is 9.78 Å². The number of nitrogens with zero attached hydrogens (tertiary/aromatic N) is 5. The Bertz CT molecular complexity index is 1100. The van der Waals surface area contributed by atoms with Crippen molar-refractivity contribution < 1.29 is 31.9 Å². The second kappa shape index (κ2) is 6.83. The summed E-state index contributed by atoms with van der Waals surface area (Å²) < 4.78 is 68.2. The maximum Gasteiger partial charge on any atom is 0.418 e. The quantitative estimate of drug-likeness (QED) is 0.650. The summed E-state index contributed by atoms with van der Waals surface area (Å²) in [5, 5.41) is 17.4. The molecular formula is C18H12F5N5O2. The lowest BCUT2D eigenvalue weighted by atomic mass is 9.97. The number of carbonyl (C=O) groups excluding carboxylic acids is 1. The van der Waals surface area contributed by atoms with E-state index in [4.69, 9.17) is 0 Å². The maximum absolute atomic E-state index is 14.7. The van der Waals surface area contributed by atoms with Gasteiger partial charge in [-0.1, -0.05) is 12.1 Å². The Morgan fingerprint density at radius 2 is 1.83 bits per heavy atom. The van der Waals surface area contributed by atoms with Crippen molar-refractivity contribution >= 4 is 11.6 Å². The molecule has 0 spiro atoms. The highest BCUT2D eigenvalue weighted by Gasteiger charge is 2.56. The van der Waals surface area contributed by atoms with Crippen LogP contribution < -0.4 is 4.90 Å². The average Bonchev–Trinajstić information content (AvgIpc) is 3.30. The maximum atomic E-state index is 14.7. The SMILES string of the molecule is O=C1N(Cc2cncc(-n3nccn3)c2)c2cccc([C@@H](O)C(F)(F)F)c2C1(F)F. The third kappa shape index (κ3) is 3.18. The van der Waals surface area contributed by atoms with E-state index in [1.807, 2.05) is 0 Å². The Balaban J connectivity index is 1.75. The van der Waals surface area contributed by atoms with Crippen LogP contribution in [0.3, 0.4) is 0 Å². The summed E-state index contributed by atoms with van der Waals surface area (Å²) in [6.07, 6.45) is -2.75. The van der Waals surface area contributed by atoms with Crippen LogP contribution in [0.1, 0.15) is 22.8 Å². The number of anilines is 1. The van der Waals surface area contributed by atoms with Gasteiger partial charge in [0.15, 0.2) is 6.10 Å². The summed E-state index contributed by atoms with van der Waals surface area (Å²) in [6.45, 7) is -0.380. The lowest BCUT2D eigenvalue weighted by molar-refractivity contribution is -0.207. The van der Waals surface area contributed by atoms with E-state index in [2.05, 4.69) is 15.2 Å². The smallest absolute Gasteiger partial charge is 0.379 e. The molecule has 0 aliphatic carbocycles. The van der Waals surface area contributed by atoms with E-state index in [9.17, 15) is 31.9 Å². The zero-order chi connectivity index (χ0) is 21.7. The average molecular weight is 425 g/mol. The Hall–Kier alpha value is -3.41. The van der Waals surface area contributed by atoms with Crippen LogP contribution in [0.25, 0.3) is 5.69 Å². The van der Waals surface area contributed by atoms with Crippen LogP contribution in [-0.4, -0.2) is 37.2 Å². The summed E-state index contributed by atoms with van der Waals surface area (Å²) >= 11 is 0. The first kappa shape index (κ1) is 19.9. The Morgan fingerprint density at radius 1 is 1.13 bits per heavy atom. The van der Waals surface area contributed by atoms with Gasteiger partial charge in [-0.2, -0.15) is 36.9 Å². The van der Waals surface area contributed by atoms with Gasteiger partial charge in [-0.05, 0) is 17.7 Å². The minimum atomic E-state index is -5.17. The normalized spacial score (nSPS) is 16.6. The Labute approximate surface area is 165 Å². The third-order valence-electron chi connectivity index (χ3n) is 4.57. The number of alkyl halides is 5. The van der Waals surface area contributed by atoms with Crippen LogP contribution in [0.15, 0.2) is 49.1 Å². The molecule has 1 atom stereocenters.